The van der Waals surface area contributed by atoms with E-state index in [2.05, 4.69) is 15.1 Å². The lowest BCUT2D eigenvalue weighted by Gasteiger charge is -2.34. The van der Waals surface area contributed by atoms with Crippen molar-refractivity contribution in [3.05, 3.63) is 23.8 Å². The molecule has 1 atom stereocenters. The van der Waals surface area contributed by atoms with E-state index in [1.165, 1.54) is 0 Å². The average molecular weight is 317 g/mol. The number of nitrogens with zero attached hydrogens (tertiary/aromatic N) is 5. The summed E-state index contributed by atoms with van der Waals surface area (Å²) in [5.41, 5.74) is 0.850. The first kappa shape index (κ1) is 15.4. The van der Waals surface area contributed by atoms with E-state index in [4.69, 9.17) is 5.11 Å². The summed E-state index contributed by atoms with van der Waals surface area (Å²) in [6.07, 6.45) is 4.90. The highest BCUT2D eigenvalue weighted by Gasteiger charge is 2.30. The maximum absolute atomic E-state index is 12.7. The van der Waals surface area contributed by atoms with Crippen LogP contribution in [0.25, 0.3) is 5.78 Å². The SMILES string of the molecule is Cc1ccnc2nc(C(=O)N3CCCCC3CCC(=O)O)nn12. The fourth-order valence-electron chi connectivity index (χ4n) is 2.98. The van der Waals surface area contributed by atoms with Gasteiger partial charge in [-0.1, -0.05) is 0 Å². The number of fused-ring (bicyclic) bond motifs is 1. The minimum absolute atomic E-state index is 0.0620. The second-order valence-corrected chi connectivity index (χ2v) is 5.81. The zero-order valence-corrected chi connectivity index (χ0v) is 13.0. The highest BCUT2D eigenvalue weighted by atomic mass is 16.4. The van der Waals surface area contributed by atoms with Gasteiger partial charge in [0, 0.05) is 30.9 Å². The van der Waals surface area contributed by atoms with Gasteiger partial charge < -0.3 is 10.0 Å². The molecule has 1 amide bonds. The Kier molecular flexibility index (Phi) is 4.22. The number of likely N-dealkylation sites (tertiary alicyclic amines) is 1. The molecule has 23 heavy (non-hydrogen) atoms. The van der Waals surface area contributed by atoms with Crippen LogP contribution in [0.3, 0.4) is 0 Å². The Labute approximate surface area is 133 Å². The number of rotatable bonds is 4. The standard InChI is InChI=1S/C15H19N5O3/c1-10-7-8-16-15-17-13(18-20(10)15)14(23)19-9-3-2-4-11(19)5-6-12(21)22/h7-8,11H,2-6,9H2,1H3,(H,21,22). The van der Waals surface area contributed by atoms with Crippen LogP contribution in [0.4, 0.5) is 0 Å². The van der Waals surface area contributed by atoms with Crippen molar-refractivity contribution in [2.45, 2.75) is 45.1 Å². The van der Waals surface area contributed by atoms with E-state index >= 15 is 0 Å². The first-order valence-electron chi connectivity index (χ1n) is 7.77. The third-order valence-electron chi connectivity index (χ3n) is 4.20. The molecule has 2 aromatic heterocycles. The maximum Gasteiger partial charge on any atom is 0.303 e. The number of hydrogen-bond donors (Lipinski definition) is 1. The van der Waals surface area contributed by atoms with Gasteiger partial charge in [0.25, 0.3) is 11.7 Å². The fourth-order valence-corrected chi connectivity index (χ4v) is 2.98. The van der Waals surface area contributed by atoms with Crippen LogP contribution in [0, 0.1) is 6.92 Å². The number of carboxylic acid groups (broad SMARTS) is 1. The van der Waals surface area contributed by atoms with Crippen LogP contribution < -0.4 is 0 Å². The predicted molar refractivity (Wildman–Crippen MR) is 81.1 cm³/mol. The van der Waals surface area contributed by atoms with Crippen molar-refractivity contribution in [2.24, 2.45) is 0 Å². The molecule has 2 aromatic rings. The summed E-state index contributed by atoms with van der Waals surface area (Å²) in [5.74, 6) is -0.569. The Balaban J connectivity index is 1.83. The smallest absolute Gasteiger partial charge is 0.303 e. The number of carbonyl (C=O) groups excluding carboxylic acids is 1. The first-order valence-corrected chi connectivity index (χ1v) is 7.77. The zero-order chi connectivity index (χ0) is 16.4. The van der Waals surface area contributed by atoms with Crippen molar-refractivity contribution in [1.29, 1.82) is 0 Å². The quantitative estimate of drug-likeness (QED) is 0.912. The third-order valence-corrected chi connectivity index (χ3v) is 4.20. The van der Waals surface area contributed by atoms with Gasteiger partial charge in [-0.15, -0.1) is 5.10 Å². The number of aromatic nitrogens is 4. The molecule has 1 unspecified atom stereocenters. The number of hydrogen-bond acceptors (Lipinski definition) is 5. The van der Waals surface area contributed by atoms with Crippen LogP contribution in [-0.2, 0) is 4.79 Å². The van der Waals surface area contributed by atoms with Crippen molar-refractivity contribution in [3.8, 4) is 0 Å². The average Bonchev–Trinajstić information content (AvgIpc) is 2.98. The molecule has 1 fully saturated rings. The topological polar surface area (TPSA) is 101 Å². The molecule has 3 heterocycles. The number of aliphatic carboxylic acids is 1. The molecule has 0 radical (unpaired) electrons. The Morgan fingerprint density at radius 3 is 2.96 bits per heavy atom. The van der Waals surface area contributed by atoms with E-state index in [1.54, 1.807) is 21.7 Å². The summed E-state index contributed by atoms with van der Waals surface area (Å²) in [7, 11) is 0. The van der Waals surface area contributed by atoms with Crippen molar-refractivity contribution >= 4 is 17.7 Å². The Morgan fingerprint density at radius 2 is 2.22 bits per heavy atom. The number of aryl methyl sites for hydroxylation is 1. The molecule has 8 heteroatoms. The molecule has 0 bridgehead atoms. The molecular formula is C15H19N5O3. The van der Waals surface area contributed by atoms with E-state index in [1.807, 2.05) is 6.92 Å². The van der Waals surface area contributed by atoms with E-state index in [0.717, 1.165) is 25.0 Å². The van der Waals surface area contributed by atoms with Gasteiger partial charge in [-0.2, -0.15) is 4.98 Å². The molecule has 1 aliphatic rings. The Morgan fingerprint density at radius 1 is 1.39 bits per heavy atom. The molecule has 3 rings (SSSR count). The summed E-state index contributed by atoms with van der Waals surface area (Å²) in [4.78, 5) is 33.6. The van der Waals surface area contributed by atoms with Crippen molar-refractivity contribution in [3.63, 3.8) is 0 Å². The molecular weight excluding hydrogens is 298 g/mol. The lowest BCUT2D eigenvalue weighted by Crippen LogP contribution is -2.44. The highest BCUT2D eigenvalue weighted by Crippen LogP contribution is 2.22. The van der Waals surface area contributed by atoms with Crippen LogP contribution in [0.1, 0.15) is 48.4 Å². The number of piperidine rings is 1. The van der Waals surface area contributed by atoms with Gasteiger partial charge >= 0.3 is 5.97 Å². The summed E-state index contributed by atoms with van der Waals surface area (Å²) in [6.45, 7) is 2.49. The van der Waals surface area contributed by atoms with Gasteiger partial charge in [0.2, 0.25) is 5.82 Å². The highest BCUT2D eigenvalue weighted by molar-refractivity contribution is 5.91. The largest absolute Gasteiger partial charge is 0.481 e. The maximum atomic E-state index is 12.7. The van der Waals surface area contributed by atoms with Crippen LogP contribution in [0.15, 0.2) is 12.3 Å². The molecule has 8 nitrogen and oxygen atoms in total. The second kappa shape index (κ2) is 6.31. The summed E-state index contributed by atoms with van der Waals surface area (Å²) in [6, 6.07) is 1.74. The summed E-state index contributed by atoms with van der Waals surface area (Å²) in [5, 5.41) is 13.1. The monoisotopic (exact) mass is 317 g/mol. The van der Waals surface area contributed by atoms with Crippen LogP contribution in [0.2, 0.25) is 0 Å². The lowest BCUT2D eigenvalue weighted by atomic mass is 9.98. The second-order valence-electron chi connectivity index (χ2n) is 5.81. The van der Waals surface area contributed by atoms with Gasteiger partial charge in [-0.3, -0.25) is 9.59 Å². The van der Waals surface area contributed by atoms with E-state index in [-0.39, 0.29) is 24.2 Å². The molecule has 0 spiro atoms. The number of carbonyl (C=O) groups is 2. The minimum atomic E-state index is -0.839. The van der Waals surface area contributed by atoms with Crippen molar-refractivity contribution in [1.82, 2.24) is 24.5 Å². The molecule has 1 N–H and O–H groups in total. The van der Waals surface area contributed by atoms with Crippen LogP contribution in [-0.4, -0.2) is 54.1 Å². The Hall–Kier alpha value is -2.51. The molecule has 0 saturated carbocycles. The van der Waals surface area contributed by atoms with Gasteiger partial charge in [-0.25, -0.2) is 9.50 Å². The minimum Gasteiger partial charge on any atom is -0.481 e. The van der Waals surface area contributed by atoms with E-state index in [0.29, 0.717) is 18.7 Å². The fraction of sp³-hybridized carbons (Fsp3) is 0.533. The number of amides is 1. The van der Waals surface area contributed by atoms with Gasteiger partial charge in [0.15, 0.2) is 0 Å². The lowest BCUT2D eigenvalue weighted by molar-refractivity contribution is -0.137. The molecule has 0 aliphatic carbocycles. The van der Waals surface area contributed by atoms with Gasteiger partial charge in [0.05, 0.1) is 0 Å². The molecule has 0 aromatic carbocycles. The zero-order valence-electron chi connectivity index (χ0n) is 13.0. The Bertz CT molecular complexity index is 742. The van der Waals surface area contributed by atoms with Crippen LogP contribution >= 0.6 is 0 Å². The third kappa shape index (κ3) is 3.15. The normalized spacial score (nSPS) is 18.3. The van der Waals surface area contributed by atoms with Crippen LogP contribution in [0.5, 0.6) is 0 Å². The van der Waals surface area contributed by atoms with Crippen molar-refractivity contribution < 1.29 is 14.7 Å². The molecule has 122 valence electrons. The predicted octanol–water partition coefficient (Wildman–Crippen LogP) is 1.29. The summed E-state index contributed by atoms with van der Waals surface area (Å²) >= 11 is 0. The van der Waals surface area contributed by atoms with Gasteiger partial charge in [-0.05, 0) is 38.7 Å². The molecule has 1 aliphatic heterocycles. The van der Waals surface area contributed by atoms with Crippen molar-refractivity contribution in [2.75, 3.05) is 6.54 Å². The molecule has 1 saturated heterocycles. The van der Waals surface area contributed by atoms with Gasteiger partial charge in [0.1, 0.15) is 0 Å². The van der Waals surface area contributed by atoms with E-state index < -0.39 is 5.97 Å². The first-order chi connectivity index (χ1) is 11.1. The van der Waals surface area contributed by atoms with E-state index in [9.17, 15) is 9.59 Å². The summed E-state index contributed by atoms with van der Waals surface area (Å²) < 4.78 is 1.55. The number of carboxylic acids is 1.